The summed E-state index contributed by atoms with van der Waals surface area (Å²) in [5.74, 6) is -1.39. The third-order valence-electron chi connectivity index (χ3n) is 11.3. The van der Waals surface area contributed by atoms with E-state index in [1.54, 1.807) is 0 Å². The third kappa shape index (κ3) is 8.48. The summed E-state index contributed by atoms with van der Waals surface area (Å²) in [6.45, 7) is 8.89. The maximum Gasteiger partial charge on any atom is 0.473 e. The van der Waals surface area contributed by atoms with Crippen LogP contribution in [0.3, 0.4) is 0 Å². The summed E-state index contributed by atoms with van der Waals surface area (Å²) in [6, 6.07) is 0.193. The normalized spacial score (nSPS) is 33.3. The van der Waals surface area contributed by atoms with Crippen molar-refractivity contribution in [3.8, 4) is 0 Å². The Balaban J connectivity index is 1.26. The summed E-state index contributed by atoms with van der Waals surface area (Å²) >= 11 is 0. The average molecular weight is 893 g/mol. The van der Waals surface area contributed by atoms with Gasteiger partial charge in [0.25, 0.3) is 11.1 Å². The zero-order chi connectivity index (χ0) is 43.3. The number of aromatic amines is 2. The van der Waals surface area contributed by atoms with Crippen LogP contribution in [0.4, 0.5) is 14.7 Å². The molecule has 0 amide bonds. The number of nitrogens with one attached hydrogen (secondary N) is 2. The van der Waals surface area contributed by atoms with Gasteiger partial charge in [-0.3, -0.25) is 41.8 Å². The van der Waals surface area contributed by atoms with Gasteiger partial charge < -0.3 is 44.9 Å². The molecule has 7 heterocycles. The number of ether oxygens (including phenoxy) is 2. The number of halogens is 2. The van der Waals surface area contributed by atoms with E-state index in [0.29, 0.717) is 13.1 Å². The van der Waals surface area contributed by atoms with Crippen LogP contribution in [0.5, 0.6) is 0 Å². The number of phosphoric acid groups is 2. The number of hydrogen-bond donors (Lipinski definition) is 6. The summed E-state index contributed by atoms with van der Waals surface area (Å²) in [7, 11) is -10.8. The number of rotatable bonds is 12. The topological polar surface area (TPSA) is 297 Å². The number of aromatic nitrogens is 7. The number of nitrogens with two attached hydrogens (primary N) is 1. The molecule has 23 nitrogen and oxygen atoms in total. The molecule has 4 aromatic rings. The first-order valence-electron chi connectivity index (χ1n) is 19.3. The maximum absolute atomic E-state index is 16.4. The van der Waals surface area contributed by atoms with Crippen molar-refractivity contribution < 1.29 is 60.4 Å². The van der Waals surface area contributed by atoms with Crippen LogP contribution in [-0.4, -0.2) is 147 Å². The van der Waals surface area contributed by atoms with Gasteiger partial charge in [-0.05, 0) is 45.9 Å². The molecule has 3 aliphatic heterocycles. The van der Waals surface area contributed by atoms with Crippen molar-refractivity contribution in [2.24, 2.45) is 0 Å². The van der Waals surface area contributed by atoms with Crippen molar-refractivity contribution in [1.29, 1.82) is 0 Å². The average Bonchev–Trinajstić information content (AvgIpc) is 3.92. The lowest BCUT2D eigenvalue weighted by Crippen LogP contribution is -2.51. The fourth-order valence-electron chi connectivity index (χ4n) is 8.12. The second-order valence-corrected chi connectivity index (χ2v) is 17.5. The van der Waals surface area contributed by atoms with E-state index in [2.05, 4.69) is 50.6 Å². The monoisotopic (exact) mass is 892 g/mol. The van der Waals surface area contributed by atoms with Gasteiger partial charge in [-0.1, -0.05) is 20.8 Å². The standard InChI is InChI=1S/C33H48F2N10O13P2/c1-5-42(10-8-17(4)43(6-2)7-3)11-9-33-25(46)20(56-31(33)44-12-18(34)21-26(44)37-15-38-28(21)47)14-53-59(49,50)57-24-19(13-54-60(51,52)58-33)55-30(22(24)35)45-16-39-23-27(45)40-32(36)41-29(23)48/h12,15-17,19-20,22,24-25,30-31,46H,5-11,13-14H2,1-4H3,(H,49,50)(H,51,52)(H,37,38,47)(H3,36,40,41,48)/t17?,19-,20?,22-,24-,25-,30?,31-,33-/m1/s1. The lowest BCUT2D eigenvalue weighted by Gasteiger charge is -2.39. The molecule has 0 saturated carbocycles. The van der Waals surface area contributed by atoms with Crippen LogP contribution in [0.1, 0.15) is 53.0 Å². The highest BCUT2D eigenvalue weighted by molar-refractivity contribution is 7.47. The van der Waals surface area contributed by atoms with Gasteiger partial charge in [-0.25, -0.2) is 27.9 Å². The van der Waals surface area contributed by atoms with Crippen LogP contribution in [-0.2, 0) is 36.7 Å². The minimum atomic E-state index is -5.46. The van der Waals surface area contributed by atoms with Crippen molar-refractivity contribution in [3.63, 3.8) is 0 Å². The number of fused-ring (bicyclic) bond motifs is 5. The molecule has 332 valence electrons. The van der Waals surface area contributed by atoms with Crippen LogP contribution in [0.25, 0.3) is 22.2 Å². The van der Waals surface area contributed by atoms with Gasteiger partial charge in [0.1, 0.15) is 29.8 Å². The minimum absolute atomic E-state index is 0.0858. The summed E-state index contributed by atoms with van der Waals surface area (Å²) < 4.78 is 95.5. The minimum Gasteiger partial charge on any atom is -0.387 e. The molecular formula is C33H48F2N10O13P2. The van der Waals surface area contributed by atoms with Gasteiger partial charge >= 0.3 is 15.6 Å². The highest BCUT2D eigenvalue weighted by Crippen LogP contribution is 2.58. The number of imidazole rings is 1. The molecule has 7 N–H and O–H groups in total. The molecule has 2 bridgehead atoms. The number of aliphatic hydroxyl groups is 1. The van der Waals surface area contributed by atoms with Gasteiger partial charge in [-0.15, -0.1) is 0 Å². The highest BCUT2D eigenvalue weighted by atomic mass is 31.2. The predicted molar refractivity (Wildman–Crippen MR) is 206 cm³/mol. The van der Waals surface area contributed by atoms with E-state index in [1.165, 1.54) is 0 Å². The van der Waals surface area contributed by atoms with Gasteiger partial charge in [0.2, 0.25) is 5.95 Å². The van der Waals surface area contributed by atoms with Gasteiger partial charge in [0.15, 0.2) is 46.9 Å². The summed E-state index contributed by atoms with van der Waals surface area (Å²) in [4.78, 5) is 68.4. The van der Waals surface area contributed by atoms with Crippen LogP contribution in [0.15, 0.2) is 28.4 Å². The summed E-state index contributed by atoms with van der Waals surface area (Å²) in [5, 5.41) is 11.6. The van der Waals surface area contributed by atoms with E-state index in [9.17, 15) is 33.6 Å². The molecule has 3 fully saturated rings. The zero-order valence-corrected chi connectivity index (χ0v) is 34.8. The van der Waals surface area contributed by atoms with E-state index in [-0.39, 0.29) is 41.8 Å². The number of nitrogens with zero attached hydrogens (tertiary/aromatic N) is 7. The number of alkyl halides is 1. The molecule has 11 atom stereocenters. The molecule has 5 unspecified atom stereocenters. The van der Waals surface area contributed by atoms with Gasteiger partial charge in [0.05, 0.1) is 25.9 Å². The van der Waals surface area contributed by atoms with E-state index in [4.69, 9.17) is 33.3 Å². The smallest absolute Gasteiger partial charge is 0.387 e. The molecular weight excluding hydrogens is 844 g/mol. The molecule has 3 saturated heterocycles. The first kappa shape index (κ1) is 44.5. The quantitative estimate of drug-likeness (QED) is 0.109. The van der Waals surface area contributed by atoms with E-state index in [1.807, 2.05) is 11.8 Å². The Morgan fingerprint density at radius 2 is 1.73 bits per heavy atom. The molecule has 0 radical (unpaired) electrons. The van der Waals surface area contributed by atoms with Crippen molar-refractivity contribution >= 4 is 43.8 Å². The molecule has 4 aromatic heterocycles. The first-order chi connectivity index (χ1) is 28.4. The lowest BCUT2D eigenvalue weighted by molar-refractivity contribution is -0.116. The van der Waals surface area contributed by atoms with Crippen molar-refractivity contribution in [2.75, 3.05) is 51.7 Å². The zero-order valence-electron chi connectivity index (χ0n) is 33.0. The Bertz CT molecular complexity index is 2400. The van der Waals surface area contributed by atoms with Crippen molar-refractivity contribution in [3.05, 3.63) is 45.4 Å². The number of hydrogen-bond acceptors (Lipinski definition) is 17. The second-order valence-electron chi connectivity index (χ2n) is 14.8. The van der Waals surface area contributed by atoms with Crippen molar-refractivity contribution in [2.45, 2.75) is 95.2 Å². The van der Waals surface area contributed by atoms with Crippen LogP contribution in [0.2, 0.25) is 0 Å². The summed E-state index contributed by atoms with van der Waals surface area (Å²) in [5.41, 5.74) is 0.973. The SMILES string of the molecule is CCN(CCC(C)N(CC)CC)CC[C@]12OP(=O)(O)OC[C@H]3OC(n4cnc5c(=O)[nH]c(N)nc54)[C@H](F)[C@@H]3OP(=O)(O)OCC(O[C@H]1n1cc(F)c3c(=O)[nH]cnc31)[C@H]2O. The number of nitrogen functional groups attached to an aromatic ring is 1. The van der Waals surface area contributed by atoms with Crippen LogP contribution in [0, 0.1) is 5.82 Å². The molecule has 0 aromatic carbocycles. The number of phosphoric ester groups is 2. The Kier molecular flexibility index (Phi) is 12.8. The Hall–Kier alpha value is -3.55. The van der Waals surface area contributed by atoms with Crippen molar-refractivity contribution in [1.82, 2.24) is 43.9 Å². The largest absolute Gasteiger partial charge is 0.473 e. The fraction of sp³-hybridized carbons (Fsp3) is 0.667. The van der Waals surface area contributed by atoms with Crippen LogP contribution >= 0.6 is 15.6 Å². The predicted octanol–water partition coefficient (Wildman–Crippen LogP) is 1.29. The number of anilines is 1. The molecule has 3 aliphatic rings. The molecule has 7 rings (SSSR count). The molecule has 60 heavy (non-hydrogen) atoms. The maximum atomic E-state index is 16.4. The van der Waals surface area contributed by atoms with E-state index in [0.717, 1.165) is 47.5 Å². The molecule has 0 aliphatic carbocycles. The Labute approximate surface area is 339 Å². The molecule has 0 spiro atoms. The second kappa shape index (κ2) is 17.3. The van der Waals surface area contributed by atoms with Crippen LogP contribution < -0.4 is 16.9 Å². The van der Waals surface area contributed by atoms with Gasteiger partial charge in [0, 0.05) is 18.8 Å². The number of aliphatic hydroxyl groups excluding tert-OH is 1. The number of H-pyrrole nitrogens is 2. The van der Waals surface area contributed by atoms with E-state index >= 15 is 8.78 Å². The Morgan fingerprint density at radius 1 is 1.02 bits per heavy atom. The molecule has 27 heteroatoms. The van der Waals surface area contributed by atoms with E-state index < -0.39 is 99.8 Å². The highest BCUT2D eigenvalue weighted by Gasteiger charge is 2.62. The third-order valence-corrected chi connectivity index (χ3v) is 13.3. The fourth-order valence-corrected chi connectivity index (χ4v) is 10.2. The van der Waals surface area contributed by atoms with Gasteiger partial charge in [-0.2, -0.15) is 4.98 Å². The first-order valence-corrected chi connectivity index (χ1v) is 22.3. The summed E-state index contributed by atoms with van der Waals surface area (Å²) in [6.07, 6.45) is -10.0. The lowest BCUT2D eigenvalue weighted by atomic mass is 9.90. The Morgan fingerprint density at radius 3 is 2.45 bits per heavy atom.